The molecule has 4 rings (SSSR count). The van der Waals surface area contributed by atoms with Crippen molar-refractivity contribution in [3.8, 4) is 0 Å². The standard InChI is InChI=1S/C27H43FO5S/c1-16(7-5-11-26(2,3)31)20-9-10-21-17(8-6-12-27(20,21)4)13-23-19-14-18(29)15-22(30)24(19)25(28)34(23,32)33/h13,16,18,20-23,25,29-31H,5-12,14-15H2,1-4H3/b17-13+/t16-,18-,20-,21+,22+,23-,25+,27-/m1/s1. The van der Waals surface area contributed by atoms with Crippen molar-refractivity contribution >= 4 is 9.84 Å². The minimum Gasteiger partial charge on any atom is -0.393 e. The number of hydrogen-bond donors (Lipinski definition) is 3. The van der Waals surface area contributed by atoms with Gasteiger partial charge in [-0.15, -0.1) is 0 Å². The van der Waals surface area contributed by atoms with Crippen LogP contribution in [0.1, 0.15) is 91.9 Å². The maximum Gasteiger partial charge on any atom is 0.225 e. The summed E-state index contributed by atoms with van der Waals surface area (Å²) in [7, 11) is -4.12. The zero-order valence-corrected chi connectivity index (χ0v) is 22.0. The average molecular weight is 499 g/mol. The molecule has 0 unspecified atom stereocenters. The molecule has 0 aromatic rings. The van der Waals surface area contributed by atoms with E-state index in [2.05, 4.69) is 13.8 Å². The van der Waals surface area contributed by atoms with E-state index in [-0.39, 0.29) is 23.8 Å². The van der Waals surface area contributed by atoms with Crippen LogP contribution in [0.15, 0.2) is 22.8 Å². The molecule has 0 saturated heterocycles. The van der Waals surface area contributed by atoms with Gasteiger partial charge in [-0.05, 0) is 87.5 Å². The van der Waals surface area contributed by atoms with E-state index in [1.807, 2.05) is 13.8 Å². The predicted molar refractivity (Wildman–Crippen MR) is 131 cm³/mol. The average Bonchev–Trinajstić information content (AvgIpc) is 3.15. The lowest BCUT2D eigenvalue weighted by atomic mass is 9.60. The molecule has 194 valence electrons. The smallest absolute Gasteiger partial charge is 0.225 e. The Bertz CT molecular complexity index is 949. The molecule has 3 aliphatic carbocycles. The first-order chi connectivity index (χ1) is 15.8. The third kappa shape index (κ3) is 4.67. The third-order valence-corrected chi connectivity index (χ3v) is 11.4. The molecule has 0 radical (unpaired) electrons. The number of allylic oxidation sites excluding steroid dienone is 1. The fourth-order valence-electron chi connectivity index (χ4n) is 7.80. The van der Waals surface area contributed by atoms with Crippen molar-refractivity contribution in [2.24, 2.45) is 23.2 Å². The topological polar surface area (TPSA) is 94.8 Å². The molecule has 4 aliphatic rings. The first-order valence-corrected chi connectivity index (χ1v) is 14.8. The highest BCUT2D eigenvalue weighted by atomic mass is 32.2. The second kappa shape index (κ2) is 9.28. The normalized spacial score (nSPS) is 42.1. The van der Waals surface area contributed by atoms with E-state index in [4.69, 9.17) is 0 Å². The number of fused-ring (bicyclic) bond motifs is 1. The van der Waals surface area contributed by atoms with Crippen LogP contribution in [-0.4, -0.2) is 52.3 Å². The minimum atomic E-state index is -4.12. The molecule has 0 bridgehead atoms. The summed E-state index contributed by atoms with van der Waals surface area (Å²) in [6, 6.07) is 0. The molecule has 8 atom stereocenters. The van der Waals surface area contributed by atoms with Crippen molar-refractivity contribution in [2.45, 2.75) is 120 Å². The molecule has 0 aromatic heterocycles. The quantitative estimate of drug-likeness (QED) is 0.465. The molecule has 7 heteroatoms. The van der Waals surface area contributed by atoms with E-state index >= 15 is 0 Å². The first-order valence-electron chi connectivity index (χ1n) is 13.1. The van der Waals surface area contributed by atoms with E-state index in [0.29, 0.717) is 23.3 Å². The van der Waals surface area contributed by atoms with Gasteiger partial charge in [-0.3, -0.25) is 0 Å². The predicted octanol–water partition coefficient (Wildman–Crippen LogP) is 4.61. The van der Waals surface area contributed by atoms with E-state index < -0.39 is 38.4 Å². The number of hydrogen-bond acceptors (Lipinski definition) is 5. The van der Waals surface area contributed by atoms with Gasteiger partial charge in [-0.1, -0.05) is 38.3 Å². The summed E-state index contributed by atoms with van der Waals surface area (Å²) in [5.74, 6) is 1.37. The van der Waals surface area contributed by atoms with Crippen LogP contribution in [0.4, 0.5) is 4.39 Å². The van der Waals surface area contributed by atoms with Crippen LogP contribution in [-0.2, 0) is 9.84 Å². The first kappa shape index (κ1) is 26.3. The van der Waals surface area contributed by atoms with Gasteiger partial charge in [-0.2, -0.15) is 0 Å². The Morgan fingerprint density at radius 1 is 1.26 bits per heavy atom. The van der Waals surface area contributed by atoms with E-state index in [1.165, 1.54) is 0 Å². The number of rotatable bonds is 6. The molecule has 1 aliphatic heterocycles. The molecule has 1 heterocycles. The number of aliphatic hydroxyl groups excluding tert-OH is 2. The summed E-state index contributed by atoms with van der Waals surface area (Å²) in [5, 5.41) is 29.5. The Balaban J connectivity index is 1.58. The van der Waals surface area contributed by atoms with Crippen LogP contribution in [0.5, 0.6) is 0 Å². The molecule has 0 spiro atoms. The second-order valence-corrected chi connectivity index (χ2v) is 14.5. The highest BCUT2D eigenvalue weighted by Crippen LogP contribution is 2.60. The Hall–Kier alpha value is -0.760. The second-order valence-electron chi connectivity index (χ2n) is 12.4. The Labute approximate surface area is 204 Å². The molecule has 3 N–H and O–H groups in total. The van der Waals surface area contributed by atoms with E-state index in [1.54, 1.807) is 6.08 Å². The van der Waals surface area contributed by atoms with Gasteiger partial charge in [0.05, 0.1) is 17.8 Å². The number of aliphatic hydroxyl groups is 3. The number of alkyl halides is 1. The van der Waals surface area contributed by atoms with Gasteiger partial charge in [0, 0.05) is 12.0 Å². The maximum absolute atomic E-state index is 15.0. The fourth-order valence-corrected chi connectivity index (χ4v) is 9.71. The largest absolute Gasteiger partial charge is 0.393 e. The Kier molecular flexibility index (Phi) is 7.18. The summed E-state index contributed by atoms with van der Waals surface area (Å²) in [5.41, 5.74) is -1.22. The third-order valence-electron chi connectivity index (χ3n) is 9.45. The molecule has 2 fully saturated rings. The summed E-state index contributed by atoms with van der Waals surface area (Å²) in [6.07, 6.45) is 7.75. The summed E-state index contributed by atoms with van der Waals surface area (Å²) in [6.45, 7) is 8.38. The lowest BCUT2D eigenvalue weighted by Crippen LogP contribution is -2.36. The minimum absolute atomic E-state index is 0.00814. The molecular weight excluding hydrogens is 455 g/mol. The lowest BCUT2D eigenvalue weighted by Gasteiger charge is -2.44. The zero-order chi connectivity index (χ0) is 25.1. The molecule has 2 saturated carbocycles. The summed E-state index contributed by atoms with van der Waals surface area (Å²) < 4.78 is 41.1. The van der Waals surface area contributed by atoms with Gasteiger partial charge in [0.15, 0.2) is 9.84 Å². The number of sulfone groups is 1. The van der Waals surface area contributed by atoms with E-state index in [0.717, 1.165) is 56.9 Å². The highest BCUT2D eigenvalue weighted by Gasteiger charge is 2.54. The van der Waals surface area contributed by atoms with Gasteiger partial charge in [0.2, 0.25) is 5.50 Å². The molecule has 34 heavy (non-hydrogen) atoms. The van der Waals surface area contributed by atoms with Crippen molar-refractivity contribution in [2.75, 3.05) is 0 Å². The molecular formula is C27H43FO5S. The van der Waals surface area contributed by atoms with Gasteiger partial charge in [0.1, 0.15) is 5.25 Å². The lowest BCUT2D eigenvalue weighted by molar-refractivity contribution is 0.0596. The highest BCUT2D eigenvalue weighted by molar-refractivity contribution is 7.93. The van der Waals surface area contributed by atoms with Crippen LogP contribution in [0.25, 0.3) is 0 Å². The SMILES string of the molecule is C[C@H](CCCC(C)(C)O)[C@H]1CC[C@H]2/C(=C/[C@@H]3C4=C([C@@H](F)S3(=O)=O)[C@@H](O)C[C@H](O)C4)CCC[C@]12C. The van der Waals surface area contributed by atoms with Crippen molar-refractivity contribution in [1.29, 1.82) is 0 Å². The van der Waals surface area contributed by atoms with Crippen LogP contribution >= 0.6 is 0 Å². The Morgan fingerprint density at radius 3 is 2.65 bits per heavy atom. The fraction of sp³-hybridized carbons (Fsp3) is 0.852. The van der Waals surface area contributed by atoms with Crippen LogP contribution in [0, 0.1) is 23.2 Å². The summed E-state index contributed by atoms with van der Waals surface area (Å²) >= 11 is 0. The number of halogens is 1. The van der Waals surface area contributed by atoms with Crippen LogP contribution < -0.4 is 0 Å². The Morgan fingerprint density at radius 2 is 1.97 bits per heavy atom. The van der Waals surface area contributed by atoms with Gasteiger partial charge in [0.25, 0.3) is 0 Å². The maximum atomic E-state index is 15.0. The van der Waals surface area contributed by atoms with E-state index in [9.17, 15) is 28.1 Å². The van der Waals surface area contributed by atoms with Gasteiger partial charge in [-0.25, -0.2) is 12.8 Å². The molecule has 5 nitrogen and oxygen atoms in total. The summed E-state index contributed by atoms with van der Waals surface area (Å²) in [4.78, 5) is 0. The van der Waals surface area contributed by atoms with Gasteiger partial charge >= 0.3 is 0 Å². The zero-order valence-electron chi connectivity index (χ0n) is 21.1. The van der Waals surface area contributed by atoms with Crippen molar-refractivity contribution in [3.05, 3.63) is 22.8 Å². The van der Waals surface area contributed by atoms with Crippen molar-refractivity contribution in [1.82, 2.24) is 0 Å². The van der Waals surface area contributed by atoms with Crippen molar-refractivity contribution in [3.63, 3.8) is 0 Å². The van der Waals surface area contributed by atoms with Crippen LogP contribution in [0.3, 0.4) is 0 Å². The molecule has 0 aromatic carbocycles. The monoisotopic (exact) mass is 498 g/mol. The van der Waals surface area contributed by atoms with Crippen LogP contribution in [0.2, 0.25) is 0 Å². The van der Waals surface area contributed by atoms with Crippen molar-refractivity contribution < 1.29 is 28.1 Å². The molecule has 0 amide bonds. The van der Waals surface area contributed by atoms with Gasteiger partial charge < -0.3 is 15.3 Å².